The molecule has 1 aromatic heterocycles. The fourth-order valence-corrected chi connectivity index (χ4v) is 4.08. The van der Waals surface area contributed by atoms with Gasteiger partial charge in [0.2, 0.25) is 0 Å². The third kappa shape index (κ3) is 6.57. The SMILES string of the molecule is O=C(NCc1cccc(C(F)(F)F)c1)c1ccnc(NC2CCN(Cc3ccccc3)CC2)c1. The minimum absolute atomic E-state index is 0.00765. The Morgan fingerprint density at radius 2 is 1.71 bits per heavy atom. The summed E-state index contributed by atoms with van der Waals surface area (Å²) in [5.74, 6) is 0.258. The molecule has 2 N–H and O–H groups in total. The molecule has 8 heteroatoms. The quantitative estimate of drug-likeness (QED) is 0.506. The van der Waals surface area contributed by atoms with Crippen molar-refractivity contribution in [3.63, 3.8) is 0 Å². The van der Waals surface area contributed by atoms with Gasteiger partial charge in [-0.2, -0.15) is 13.2 Å². The molecule has 2 heterocycles. The second kappa shape index (κ2) is 10.7. The number of anilines is 1. The van der Waals surface area contributed by atoms with Gasteiger partial charge < -0.3 is 10.6 Å². The molecule has 1 aliphatic rings. The molecule has 0 unspecified atom stereocenters. The normalized spacial score (nSPS) is 15.1. The van der Waals surface area contributed by atoms with Gasteiger partial charge in [0, 0.05) is 44.0 Å². The van der Waals surface area contributed by atoms with E-state index in [2.05, 4.69) is 44.8 Å². The number of likely N-dealkylation sites (tertiary alicyclic amines) is 1. The highest BCUT2D eigenvalue weighted by molar-refractivity contribution is 5.94. The highest BCUT2D eigenvalue weighted by Crippen LogP contribution is 2.29. The monoisotopic (exact) mass is 468 g/mol. The van der Waals surface area contributed by atoms with Gasteiger partial charge in [-0.05, 0) is 48.2 Å². The Morgan fingerprint density at radius 1 is 0.971 bits per heavy atom. The van der Waals surface area contributed by atoms with Crippen molar-refractivity contribution in [1.82, 2.24) is 15.2 Å². The molecule has 2 aromatic carbocycles. The Morgan fingerprint density at radius 3 is 2.44 bits per heavy atom. The van der Waals surface area contributed by atoms with Gasteiger partial charge in [-0.3, -0.25) is 9.69 Å². The first-order valence-electron chi connectivity index (χ1n) is 11.3. The lowest BCUT2D eigenvalue weighted by molar-refractivity contribution is -0.137. The van der Waals surface area contributed by atoms with Crippen LogP contribution in [-0.2, 0) is 19.3 Å². The topological polar surface area (TPSA) is 57.3 Å². The summed E-state index contributed by atoms with van der Waals surface area (Å²) in [7, 11) is 0. The Hall–Kier alpha value is -3.39. The molecule has 1 aliphatic heterocycles. The molecular weight excluding hydrogens is 441 g/mol. The summed E-state index contributed by atoms with van der Waals surface area (Å²) in [6, 6.07) is 18.9. The number of pyridine rings is 1. The molecule has 0 atom stereocenters. The van der Waals surface area contributed by atoms with E-state index in [0.29, 0.717) is 16.9 Å². The molecular formula is C26H27F3N4O. The van der Waals surface area contributed by atoms with E-state index in [1.165, 1.54) is 11.6 Å². The van der Waals surface area contributed by atoms with Gasteiger partial charge in [-0.25, -0.2) is 4.98 Å². The predicted molar refractivity (Wildman–Crippen MR) is 125 cm³/mol. The third-order valence-electron chi connectivity index (χ3n) is 5.92. The molecule has 0 radical (unpaired) electrons. The maximum atomic E-state index is 12.9. The number of carbonyl (C=O) groups is 1. The number of aromatic nitrogens is 1. The van der Waals surface area contributed by atoms with E-state index >= 15 is 0 Å². The summed E-state index contributed by atoms with van der Waals surface area (Å²) in [5, 5.41) is 6.10. The van der Waals surface area contributed by atoms with E-state index in [0.717, 1.165) is 44.6 Å². The lowest BCUT2D eigenvalue weighted by Crippen LogP contribution is -2.38. The van der Waals surface area contributed by atoms with E-state index in [-0.39, 0.29) is 18.5 Å². The fraction of sp³-hybridized carbons (Fsp3) is 0.308. The number of nitrogens with zero attached hydrogens (tertiary/aromatic N) is 2. The largest absolute Gasteiger partial charge is 0.416 e. The lowest BCUT2D eigenvalue weighted by atomic mass is 10.0. The smallest absolute Gasteiger partial charge is 0.367 e. The summed E-state index contributed by atoms with van der Waals surface area (Å²) in [4.78, 5) is 19.3. The van der Waals surface area contributed by atoms with Crippen molar-refractivity contribution in [3.8, 4) is 0 Å². The number of alkyl halides is 3. The minimum atomic E-state index is -4.41. The Kier molecular flexibility index (Phi) is 7.47. The van der Waals surface area contributed by atoms with Crippen LogP contribution in [0.15, 0.2) is 72.9 Å². The van der Waals surface area contributed by atoms with Crippen molar-refractivity contribution in [1.29, 1.82) is 0 Å². The Labute approximate surface area is 197 Å². The van der Waals surface area contributed by atoms with Crippen molar-refractivity contribution in [2.75, 3.05) is 18.4 Å². The molecule has 5 nitrogen and oxygen atoms in total. The number of nitrogens with one attached hydrogen (secondary N) is 2. The van der Waals surface area contributed by atoms with E-state index in [1.54, 1.807) is 24.4 Å². The molecule has 3 aromatic rings. The van der Waals surface area contributed by atoms with E-state index < -0.39 is 11.7 Å². The summed E-state index contributed by atoms with van der Waals surface area (Å²) in [5.41, 5.74) is 1.37. The zero-order valence-corrected chi connectivity index (χ0v) is 18.7. The average molecular weight is 469 g/mol. The summed E-state index contributed by atoms with van der Waals surface area (Å²) >= 11 is 0. The van der Waals surface area contributed by atoms with E-state index in [9.17, 15) is 18.0 Å². The number of rotatable bonds is 7. The van der Waals surface area contributed by atoms with Crippen molar-refractivity contribution in [2.24, 2.45) is 0 Å². The van der Waals surface area contributed by atoms with Crippen molar-refractivity contribution < 1.29 is 18.0 Å². The van der Waals surface area contributed by atoms with Crippen LogP contribution in [-0.4, -0.2) is 34.9 Å². The van der Waals surface area contributed by atoms with Crippen LogP contribution in [0.2, 0.25) is 0 Å². The number of carbonyl (C=O) groups excluding carboxylic acids is 1. The second-order valence-corrected chi connectivity index (χ2v) is 8.49. The Bertz CT molecular complexity index is 1100. The maximum absolute atomic E-state index is 12.9. The van der Waals surface area contributed by atoms with Crippen LogP contribution < -0.4 is 10.6 Å². The third-order valence-corrected chi connectivity index (χ3v) is 5.92. The number of halogens is 3. The molecule has 34 heavy (non-hydrogen) atoms. The fourth-order valence-electron chi connectivity index (χ4n) is 4.08. The first-order chi connectivity index (χ1) is 16.4. The molecule has 1 saturated heterocycles. The van der Waals surface area contributed by atoms with Gasteiger partial charge in [0.15, 0.2) is 0 Å². The highest BCUT2D eigenvalue weighted by Gasteiger charge is 2.30. The summed E-state index contributed by atoms with van der Waals surface area (Å²) < 4.78 is 38.7. The van der Waals surface area contributed by atoms with Gasteiger partial charge in [0.1, 0.15) is 5.82 Å². The first-order valence-corrected chi connectivity index (χ1v) is 11.3. The van der Waals surface area contributed by atoms with Crippen molar-refractivity contribution >= 4 is 11.7 Å². The Balaban J connectivity index is 1.28. The summed E-state index contributed by atoms with van der Waals surface area (Å²) in [6.45, 7) is 2.90. The van der Waals surface area contributed by atoms with E-state index in [4.69, 9.17) is 0 Å². The van der Waals surface area contributed by atoms with Crippen molar-refractivity contribution in [2.45, 2.75) is 38.1 Å². The van der Waals surface area contributed by atoms with Gasteiger partial charge in [0.05, 0.1) is 5.56 Å². The van der Waals surface area contributed by atoms with Gasteiger partial charge in [0.25, 0.3) is 5.91 Å². The molecule has 0 saturated carbocycles. The van der Waals surface area contributed by atoms with Crippen LogP contribution in [0.25, 0.3) is 0 Å². The van der Waals surface area contributed by atoms with Crippen LogP contribution in [0.1, 0.15) is 39.9 Å². The maximum Gasteiger partial charge on any atom is 0.416 e. The van der Waals surface area contributed by atoms with Gasteiger partial charge >= 0.3 is 6.18 Å². The lowest BCUT2D eigenvalue weighted by Gasteiger charge is -2.32. The van der Waals surface area contributed by atoms with Crippen LogP contribution >= 0.6 is 0 Å². The number of benzene rings is 2. The highest BCUT2D eigenvalue weighted by atomic mass is 19.4. The minimum Gasteiger partial charge on any atom is -0.367 e. The predicted octanol–water partition coefficient (Wildman–Crippen LogP) is 5.11. The average Bonchev–Trinajstić information content (AvgIpc) is 2.84. The zero-order valence-electron chi connectivity index (χ0n) is 18.7. The number of hydrogen-bond acceptors (Lipinski definition) is 4. The van der Waals surface area contributed by atoms with Crippen LogP contribution in [0, 0.1) is 0 Å². The first kappa shape index (κ1) is 23.8. The molecule has 178 valence electrons. The molecule has 0 aliphatic carbocycles. The number of piperidine rings is 1. The zero-order chi connectivity index (χ0) is 24.0. The van der Waals surface area contributed by atoms with Crippen LogP contribution in [0.4, 0.5) is 19.0 Å². The second-order valence-electron chi connectivity index (χ2n) is 8.49. The molecule has 1 amide bonds. The molecule has 0 spiro atoms. The molecule has 1 fully saturated rings. The van der Waals surface area contributed by atoms with Crippen LogP contribution in [0.5, 0.6) is 0 Å². The van der Waals surface area contributed by atoms with Crippen LogP contribution in [0.3, 0.4) is 0 Å². The van der Waals surface area contributed by atoms with E-state index in [1.807, 2.05) is 6.07 Å². The molecule has 0 bridgehead atoms. The summed E-state index contributed by atoms with van der Waals surface area (Å²) in [6.07, 6.45) is -0.906. The van der Waals surface area contributed by atoms with Gasteiger partial charge in [-0.15, -0.1) is 0 Å². The molecule has 4 rings (SSSR count). The number of amides is 1. The number of hydrogen-bond donors (Lipinski definition) is 2. The standard InChI is InChI=1S/C26H27F3N4O/c27-26(28,29)22-8-4-7-20(15-22)17-31-25(34)21-9-12-30-24(16-21)32-23-10-13-33(14-11-23)18-19-5-2-1-3-6-19/h1-9,12,15-16,23H,10-11,13-14,17-18H2,(H,30,32)(H,31,34). The van der Waals surface area contributed by atoms with Crippen molar-refractivity contribution in [3.05, 3.63) is 95.2 Å². The van der Waals surface area contributed by atoms with Gasteiger partial charge in [-0.1, -0.05) is 42.5 Å².